The molecule has 23 heavy (non-hydrogen) atoms. The van der Waals surface area contributed by atoms with Crippen molar-refractivity contribution >= 4 is 29.4 Å². The molecule has 0 spiro atoms. The maximum atomic E-state index is 12.0. The predicted molar refractivity (Wildman–Crippen MR) is 96.5 cm³/mol. The van der Waals surface area contributed by atoms with Crippen LogP contribution in [0.15, 0.2) is 53.6 Å². The minimum absolute atomic E-state index is 0.327. The van der Waals surface area contributed by atoms with Crippen LogP contribution < -0.4 is 10.3 Å². The molecule has 2 aromatic rings. The highest BCUT2D eigenvalue weighted by molar-refractivity contribution is 6.33. The summed E-state index contributed by atoms with van der Waals surface area (Å²) in [4.78, 5) is 14.2. The van der Waals surface area contributed by atoms with Gasteiger partial charge in [0, 0.05) is 18.8 Å². The molecule has 0 aliphatic carbocycles. The zero-order valence-electron chi connectivity index (χ0n) is 13.3. The van der Waals surface area contributed by atoms with Crippen LogP contribution in [0, 0.1) is 0 Å². The first-order valence-corrected chi connectivity index (χ1v) is 7.96. The first-order valence-electron chi connectivity index (χ1n) is 7.58. The first kappa shape index (κ1) is 17.0. The molecule has 120 valence electrons. The third kappa shape index (κ3) is 4.57. The van der Waals surface area contributed by atoms with Gasteiger partial charge in [0.25, 0.3) is 5.91 Å². The summed E-state index contributed by atoms with van der Waals surface area (Å²) in [7, 11) is 0. The highest BCUT2D eigenvalue weighted by atomic mass is 35.5. The lowest BCUT2D eigenvalue weighted by Crippen LogP contribution is -2.21. The molecule has 0 aliphatic heterocycles. The highest BCUT2D eigenvalue weighted by Crippen LogP contribution is 2.15. The number of carbonyl (C=O) groups excluding carboxylic acids is 1. The fourth-order valence-electron chi connectivity index (χ4n) is 2.23. The Morgan fingerprint density at radius 2 is 1.78 bits per heavy atom. The SMILES string of the molecule is CCN(CC)c1ccc(/C=N\NC(=O)c2ccccc2Cl)cc1. The molecule has 2 rings (SSSR count). The number of rotatable bonds is 6. The van der Waals surface area contributed by atoms with Crippen LogP contribution in [0.2, 0.25) is 5.02 Å². The Labute approximate surface area is 141 Å². The van der Waals surface area contributed by atoms with E-state index in [1.807, 2.05) is 24.3 Å². The van der Waals surface area contributed by atoms with Crippen molar-refractivity contribution in [3.63, 3.8) is 0 Å². The topological polar surface area (TPSA) is 44.7 Å². The maximum Gasteiger partial charge on any atom is 0.272 e. The number of carbonyl (C=O) groups is 1. The summed E-state index contributed by atoms with van der Waals surface area (Å²) in [6.45, 7) is 6.20. The van der Waals surface area contributed by atoms with Gasteiger partial charge in [-0.25, -0.2) is 5.43 Å². The van der Waals surface area contributed by atoms with Gasteiger partial charge in [0.1, 0.15) is 0 Å². The van der Waals surface area contributed by atoms with E-state index in [2.05, 4.69) is 29.3 Å². The second-order valence-corrected chi connectivity index (χ2v) is 5.35. The summed E-state index contributed by atoms with van der Waals surface area (Å²) in [5, 5.41) is 4.38. The van der Waals surface area contributed by atoms with E-state index in [0.717, 1.165) is 18.7 Å². The van der Waals surface area contributed by atoms with E-state index in [0.29, 0.717) is 10.6 Å². The van der Waals surface area contributed by atoms with Crippen LogP contribution in [-0.4, -0.2) is 25.2 Å². The molecule has 2 aromatic carbocycles. The van der Waals surface area contributed by atoms with Crippen molar-refractivity contribution in [3.05, 3.63) is 64.7 Å². The van der Waals surface area contributed by atoms with Crippen molar-refractivity contribution in [2.24, 2.45) is 5.10 Å². The molecule has 0 aromatic heterocycles. The number of benzene rings is 2. The zero-order chi connectivity index (χ0) is 16.7. The van der Waals surface area contributed by atoms with Gasteiger partial charge in [-0.1, -0.05) is 35.9 Å². The molecule has 0 saturated heterocycles. The monoisotopic (exact) mass is 329 g/mol. The lowest BCUT2D eigenvalue weighted by molar-refractivity contribution is 0.0955. The van der Waals surface area contributed by atoms with Crippen molar-refractivity contribution < 1.29 is 4.79 Å². The maximum absolute atomic E-state index is 12.0. The fraction of sp³-hybridized carbons (Fsp3) is 0.222. The van der Waals surface area contributed by atoms with E-state index in [1.165, 1.54) is 5.69 Å². The number of halogens is 1. The zero-order valence-corrected chi connectivity index (χ0v) is 14.0. The van der Waals surface area contributed by atoms with Gasteiger partial charge >= 0.3 is 0 Å². The molecule has 0 saturated carbocycles. The van der Waals surface area contributed by atoms with Gasteiger partial charge in [-0.3, -0.25) is 4.79 Å². The number of hydrazone groups is 1. The van der Waals surface area contributed by atoms with Crippen LogP contribution in [0.1, 0.15) is 29.8 Å². The van der Waals surface area contributed by atoms with Crippen LogP contribution in [0.5, 0.6) is 0 Å². The summed E-state index contributed by atoms with van der Waals surface area (Å²) in [6, 6.07) is 14.9. The van der Waals surface area contributed by atoms with E-state index >= 15 is 0 Å². The van der Waals surface area contributed by atoms with Gasteiger partial charge in [-0.2, -0.15) is 5.10 Å². The van der Waals surface area contributed by atoms with Crippen LogP contribution in [0.4, 0.5) is 5.69 Å². The number of amides is 1. The molecule has 0 heterocycles. The van der Waals surface area contributed by atoms with Crippen molar-refractivity contribution in [2.45, 2.75) is 13.8 Å². The lowest BCUT2D eigenvalue weighted by atomic mass is 10.2. The van der Waals surface area contributed by atoms with E-state index in [4.69, 9.17) is 11.6 Å². The van der Waals surface area contributed by atoms with Crippen molar-refractivity contribution in [3.8, 4) is 0 Å². The van der Waals surface area contributed by atoms with Crippen molar-refractivity contribution in [1.82, 2.24) is 5.43 Å². The predicted octanol–water partition coefficient (Wildman–Crippen LogP) is 3.95. The number of nitrogens with zero attached hydrogens (tertiary/aromatic N) is 2. The van der Waals surface area contributed by atoms with Gasteiger partial charge in [0.15, 0.2) is 0 Å². The van der Waals surface area contributed by atoms with E-state index in [1.54, 1.807) is 30.5 Å². The fourth-order valence-corrected chi connectivity index (χ4v) is 2.45. The quantitative estimate of drug-likeness (QED) is 0.644. The molecule has 0 aliphatic rings. The van der Waals surface area contributed by atoms with Crippen molar-refractivity contribution in [2.75, 3.05) is 18.0 Å². The minimum Gasteiger partial charge on any atom is -0.372 e. The Balaban J connectivity index is 1.98. The summed E-state index contributed by atoms with van der Waals surface area (Å²) in [5.41, 5.74) is 4.98. The van der Waals surface area contributed by atoms with Gasteiger partial charge < -0.3 is 4.90 Å². The van der Waals surface area contributed by atoms with Gasteiger partial charge in [0.2, 0.25) is 0 Å². The Morgan fingerprint density at radius 1 is 1.13 bits per heavy atom. The van der Waals surface area contributed by atoms with E-state index in [9.17, 15) is 4.79 Å². The summed E-state index contributed by atoms with van der Waals surface area (Å²) in [5.74, 6) is -0.327. The largest absolute Gasteiger partial charge is 0.372 e. The molecule has 1 N–H and O–H groups in total. The van der Waals surface area contributed by atoms with Gasteiger partial charge in [-0.05, 0) is 43.7 Å². The van der Waals surface area contributed by atoms with Crippen LogP contribution in [-0.2, 0) is 0 Å². The number of anilines is 1. The van der Waals surface area contributed by atoms with Gasteiger partial charge in [0.05, 0.1) is 16.8 Å². The first-order chi connectivity index (χ1) is 11.2. The Kier molecular flexibility index (Phi) is 6.18. The van der Waals surface area contributed by atoms with Crippen LogP contribution in [0.25, 0.3) is 0 Å². The van der Waals surface area contributed by atoms with E-state index < -0.39 is 0 Å². The molecule has 0 atom stereocenters. The molecule has 0 radical (unpaired) electrons. The summed E-state index contributed by atoms with van der Waals surface area (Å²) >= 11 is 5.97. The molecule has 1 amide bonds. The molecular weight excluding hydrogens is 310 g/mol. The number of hydrogen-bond acceptors (Lipinski definition) is 3. The van der Waals surface area contributed by atoms with Crippen molar-refractivity contribution in [1.29, 1.82) is 0 Å². The molecule has 0 bridgehead atoms. The summed E-state index contributed by atoms with van der Waals surface area (Å²) in [6.07, 6.45) is 1.61. The highest BCUT2D eigenvalue weighted by Gasteiger charge is 2.07. The summed E-state index contributed by atoms with van der Waals surface area (Å²) < 4.78 is 0. The second kappa shape index (κ2) is 8.34. The normalized spacial score (nSPS) is 10.7. The smallest absolute Gasteiger partial charge is 0.272 e. The third-order valence-corrected chi connectivity index (χ3v) is 3.85. The molecule has 5 heteroatoms. The number of hydrogen-bond donors (Lipinski definition) is 1. The van der Waals surface area contributed by atoms with Crippen LogP contribution >= 0.6 is 11.6 Å². The van der Waals surface area contributed by atoms with Gasteiger partial charge in [-0.15, -0.1) is 0 Å². The molecule has 4 nitrogen and oxygen atoms in total. The van der Waals surface area contributed by atoms with Crippen LogP contribution in [0.3, 0.4) is 0 Å². The Bertz CT molecular complexity index is 679. The average Bonchev–Trinajstić information content (AvgIpc) is 2.57. The minimum atomic E-state index is -0.327. The molecular formula is C18H20ClN3O. The molecule has 0 unspecified atom stereocenters. The Hall–Kier alpha value is -2.33. The standard InChI is InChI=1S/C18H20ClN3O/c1-3-22(4-2)15-11-9-14(10-12-15)13-20-21-18(23)16-7-5-6-8-17(16)19/h5-13H,3-4H2,1-2H3,(H,21,23)/b20-13-. The second-order valence-electron chi connectivity index (χ2n) is 4.94. The van der Waals surface area contributed by atoms with E-state index in [-0.39, 0.29) is 5.91 Å². The molecule has 0 fully saturated rings. The third-order valence-electron chi connectivity index (χ3n) is 3.52. The number of nitrogens with one attached hydrogen (secondary N) is 1. The lowest BCUT2D eigenvalue weighted by Gasteiger charge is -2.20. The average molecular weight is 330 g/mol. The Morgan fingerprint density at radius 3 is 2.39 bits per heavy atom.